The van der Waals surface area contributed by atoms with E-state index in [1.807, 2.05) is 6.07 Å². The molecule has 1 aliphatic heterocycles. The van der Waals surface area contributed by atoms with E-state index in [4.69, 9.17) is 17.3 Å². The molecule has 7 nitrogen and oxygen atoms in total. The van der Waals surface area contributed by atoms with Crippen molar-refractivity contribution in [3.05, 3.63) is 81.9 Å². The Balaban J connectivity index is 1.36. The fraction of sp³-hybridized carbons (Fsp3) is 0.308. The molecule has 10 heteroatoms. The lowest BCUT2D eigenvalue weighted by molar-refractivity contribution is 0.258. The van der Waals surface area contributed by atoms with Gasteiger partial charge in [0, 0.05) is 18.0 Å². The van der Waals surface area contributed by atoms with E-state index in [9.17, 15) is 9.18 Å². The van der Waals surface area contributed by atoms with Gasteiger partial charge in [0.2, 0.25) is 0 Å². The molecule has 1 fully saturated rings. The number of halogens is 2. The second-order valence-electron chi connectivity index (χ2n) is 9.40. The van der Waals surface area contributed by atoms with Gasteiger partial charge in [-0.15, -0.1) is 0 Å². The highest BCUT2D eigenvalue weighted by Crippen LogP contribution is 2.36. The zero-order valence-corrected chi connectivity index (χ0v) is 21.4. The van der Waals surface area contributed by atoms with Gasteiger partial charge in [-0.1, -0.05) is 42.4 Å². The van der Waals surface area contributed by atoms with Crippen molar-refractivity contribution in [2.24, 2.45) is 11.1 Å². The summed E-state index contributed by atoms with van der Waals surface area (Å²) in [5.74, 6) is 0.486. The molecule has 2 aromatic heterocycles. The minimum atomic E-state index is -0.354. The number of hydrogen-bond donors (Lipinski definition) is 1. The maximum absolute atomic E-state index is 13.6. The van der Waals surface area contributed by atoms with Crippen molar-refractivity contribution < 1.29 is 4.39 Å². The second kappa shape index (κ2) is 10.2. The molecule has 2 N–H and O–H groups in total. The monoisotopic (exact) mass is 524 g/mol. The molecular formula is C26H26ClFN6OS. The average Bonchev–Trinajstić information content (AvgIpc) is 2.88. The Morgan fingerprint density at radius 1 is 1.14 bits per heavy atom. The summed E-state index contributed by atoms with van der Waals surface area (Å²) in [5.41, 5.74) is 6.99. The largest absolute Gasteiger partial charge is 0.355 e. The third-order valence-electron chi connectivity index (χ3n) is 6.75. The van der Waals surface area contributed by atoms with Crippen LogP contribution in [0.2, 0.25) is 5.02 Å². The molecule has 0 bridgehead atoms. The van der Waals surface area contributed by atoms with Gasteiger partial charge < -0.3 is 10.6 Å². The van der Waals surface area contributed by atoms with E-state index in [0.717, 1.165) is 31.7 Å². The quantitative estimate of drug-likeness (QED) is 0.389. The van der Waals surface area contributed by atoms with Crippen molar-refractivity contribution in [3.63, 3.8) is 0 Å². The number of anilines is 1. The number of piperidine rings is 1. The van der Waals surface area contributed by atoms with E-state index >= 15 is 0 Å². The van der Waals surface area contributed by atoms with Crippen molar-refractivity contribution in [2.75, 3.05) is 24.5 Å². The Labute approximate surface area is 217 Å². The van der Waals surface area contributed by atoms with Crippen molar-refractivity contribution in [1.82, 2.24) is 19.5 Å². The summed E-state index contributed by atoms with van der Waals surface area (Å²) in [7, 11) is 0. The number of fused-ring (bicyclic) bond motifs is 1. The molecule has 1 saturated heterocycles. The predicted octanol–water partition coefficient (Wildman–Crippen LogP) is 4.74. The Kier molecular flexibility index (Phi) is 6.96. The average molecular weight is 525 g/mol. The van der Waals surface area contributed by atoms with Crippen LogP contribution in [0.3, 0.4) is 0 Å². The first-order chi connectivity index (χ1) is 17.3. The molecule has 5 rings (SSSR count). The van der Waals surface area contributed by atoms with Gasteiger partial charge in [0.1, 0.15) is 16.7 Å². The molecular weight excluding hydrogens is 499 g/mol. The van der Waals surface area contributed by atoms with Crippen LogP contribution in [0.15, 0.2) is 69.8 Å². The Hall–Kier alpha value is -3.01. The molecule has 0 aliphatic carbocycles. The number of aromatic nitrogens is 4. The van der Waals surface area contributed by atoms with E-state index in [0.29, 0.717) is 38.0 Å². The molecule has 4 aromatic rings. The van der Waals surface area contributed by atoms with Crippen LogP contribution in [0.5, 0.6) is 0 Å². The minimum absolute atomic E-state index is 0.192. The zero-order chi connectivity index (χ0) is 25.3. The lowest BCUT2D eigenvalue weighted by Gasteiger charge is -2.39. The van der Waals surface area contributed by atoms with Gasteiger partial charge in [-0.2, -0.15) is 0 Å². The van der Waals surface area contributed by atoms with Crippen molar-refractivity contribution in [1.29, 1.82) is 0 Å². The van der Waals surface area contributed by atoms with Crippen LogP contribution in [0, 0.1) is 11.2 Å². The van der Waals surface area contributed by atoms with E-state index in [-0.39, 0.29) is 23.3 Å². The molecule has 1 aliphatic rings. The smallest absolute Gasteiger partial charge is 0.263 e. The van der Waals surface area contributed by atoms with Crippen LogP contribution in [0.1, 0.15) is 25.3 Å². The summed E-state index contributed by atoms with van der Waals surface area (Å²) in [6.07, 6.45) is 7.01. The van der Waals surface area contributed by atoms with Crippen LogP contribution < -0.4 is 16.2 Å². The maximum atomic E-state index is 13.6. The van der Waals surface area contributed by atoms with Crippen LogP contribution in [-0.4, -0.2) is 39.2 Å². The first kappa shape index (κ1) is 24.7. The van der Waals surface area contributed by atoms with Gasteiger partial charge in [-0.05, 0) is 54.6 Å². The summed E-state index contributed by atoms with van der Waals surface area (Å²) in [5, 5.41) is 1.31. The topological polar surface area (TPSA) is 89.9 Å². The Bertz CT molecular complexity index is 1450. The molecule has 0 saturated carbocycles. The van der Waals surface area contributed by atoms with Crippen LogP contribution in [0.4, 0.5) is 10.2 Å². The molecule has 0 amide bonds. The molecule has 0 unspecified atom stereocenters. The SMILES string of the molecule is CC1(CN)CCN(c2cnc(Sc3ccc4ncn(Cc5cccc(F)c5)c(=O)c4c3Cl)cn2)CC1. The van der Waals surface area contributed by atoms with Crippen molar-refractivity contribution >= 4 is 40.1 Å². The van der Waals surface area contributed by atoms with E-state index < -0.39 is 0 Å². The van der Waals surface area contributed by atoms with Gasteiger partial charge in [0.15, 0.2) is 0 Å². The molecule has 0 spiro atoms. The Morgan fingerprint density at radius 3 is 2.64 bits per heavy atom. The lowest BCUT2D eigenvalue weighted by atomic mass is 9.80. The molecule has 2 aromatic carbocycles. The van der Waals surface area contributed by atoms with Gasteiger partial charge in [-0.3, -0.25) is 9.36 Å². The van der Waals surface area contributed by atoms with E-state index in [1.165, 1.54) is 34.8 Å². The highest BCUT2D eigenvalue weighted by molar-refractivity contribution is 7.99. The summed E-state index contributed by atoms with van der Waals surface area (Å²) in [4.78, 5) is 29.7. The number of rotatable bonds is 6. The van der Waals surface area contributed by atoms with Gasteiger partial charge in [0.05, 0.1) is 41.2 Å². The van der Waals surface area contributed by atoms with E-state index in [1.54, 1.807) is 30.6 Å². The molecule has 0 radical (unpaired) electrons. The fourth-order valence-electron chi connectivity index (χ4n) is 4.33. The first-order valence-electron chi connectivity index (χ1n) is 11.7. The lowest BCUT2D eigenvalue weighted by Crippen LogP contribution is -2.42. The number of benzene rings is 2. The molecule has 186 valence electrons. The van der Waals surface area contributed by atoms with Gasteiger partial charge >= 0.3 is 0 Å². The van der Waals surface area contributed by atoms with Crippen LogP contribution >= 0.6 is 23.4 Å². The highest BCUT2D eigenvalue weighted by atomic mass is 35.5. The Morgan fingerprint density at radius 2 is 1.94 bits per heavy atom. The predicted molar refractivity (Wildman–Crippen MR) is 141 cm³/mol. The third-order valence-corrected chi connectivity index (χ3v) is 8.24. The van der Waals surface area contributed by atoms with Gasteiger partial charge in [-0.25, -0.2) is 19.3 Å². The summed E-state index contributed by atoms with van der Waals surface area (Å²) >= 11 is 8.03. The van der Waals surface area contributed by atoms with Crippen LogP contribution in [-0.2, 0) is 6.54 Å². The number of hydrogen-bond acceptors (Lipinski definition) is 7. The summed E-state index contributed by atoms with van der Waals surface area (Å²) in [6, 6.07) is 9.73. The van der Waals surface area contributed by atoms with Crippen molar-refractivity contribution in [3.8, 4) is 0 Å². The summed E-state index contributed by atoms with van der Waals surface area (Å²) < 4.78 is 15.0. The van der Waals surface area contributed by atoms with Crippen LogP contribution in [0.25, 0.3) is 10.9 Å². The fourth-order valence-corrected chi connectivity index (χ4v) is 5.45. The van der Waals surface area contributed by atoms with Gasteiger partial charge in [0.25, 0.3) is 5.56 Å². The number of nitrogens with two attached hydrogens (primary N) is 1. The zero-order valence-electron chi connectivity index (χ0n) is 19.8. The van der Waals surface area contributed by atoms with E-state index in [2.05, 4.69) is 26.8 Å². The maximum Gasteiger partial charge on any atom is 0.263 e. The molecule has 0 atom stereocenters. The molecule has 36 heavy (non-hydrogen) atoms. The molecule has 3 heterocycles. The normalized spacial score (nSPS) is 15.4. The van der Waals surface area contributed by atoms with Crippen molar-refractivity contribution in [2.45, 2.75) is 36.2 Å². The standard InChI is InChI=1S/C26H26ClFN6OS/c1-26(15-29)7-9-33(10-8-26)21-12-31-22(13-30-21)36-20-6-5-19-23(24(20)27)25(35)34(16-32-19)14-17-3-2-4-18(28)11-17/h2-6,11-13,16H,7-10,14-15,29H2,1H3. The number of nitrogens with zero attached hydrogens (tertiary/aromatic N) is 5. The second-order valence-corrected chi connectivity index (χ2v) is 10.8. The third kappa shape index (κ3) is 5.09. The summed E-state index contributed by atoms with van der Waals surface area (Å²) in [6.45, 7) is 4.93. The minimum Gasteiger partial charge on any atom is -0.355 e. The highest BCUT2D eigenvalue weighted by Gasteiger charge is 2.29. The first-order valence-corrected chi connectivity index (χ1v) is 12.9.